The number of carbonyl (C=O) groups excluding carboxylic acids is 2. The van der Waals surface area contributed by atoms with Gasteiger partial charge in [-0.2, -0.15) is 0 Å². The van der Waals surface area contributed by atoms with Crippen molar-refractivity contribution in [3.63, 3.8) is 0 Å². The van der Waals surface area contributed by atoms with Crippen LogP contribution in [0.2, 0.25) is 0 Å². The number of fused-ring (bicyclic) bond motifs is 1. The van der Waals surface area contributed by atoms with E-state index >= 15 is 0 Å². The number of ketones is 1. The van der Waals surface area contributed by atoms with E-state index < -0.39 is 0 Å². The minimum atomic E-state index is -0.203. The lowest BCUT2D eigenvalue weighted by molar-refractivity contribution is -0.118. The van der Waals surface area contributed by atoms with Crippen molar-refractivity contribution in [3.05, 3.63) is 43.0 Å². The molecule has 2 heterocycles. The summed E-state index contributed by atoms with van der Waals surface area (Å²) in [4.78, 5) is 23.7. The topological polar surface area (TPSA) is 55.4 Å². The van der Waals surface area contributed by atoms with E-state index in [4.69, 9.17) is 4.74 Å². The molecule has 2 aromatic rings. The van der Waals surface area contributed by atoms with Crippen molar-refractivity contribution in [3.8, 4) is 5.75 Å². The van der Waals surface area contributed by atoms with Crippen molar-refractivity contribution in [2.45, 2.75) is 0 Å². The highest BCUT2D eigenvalue weighted by molar-refractivity contribution is 9.11. The zero-order valence-corrected chi connectivity index (χ0v) is 13.9. The van der Waals surface area contributed by atoms with Gasteiger partial charge in [0.2, 0.25) is 0 Å². The number of ether oxygens (including phenoxy) is 1. The first-order valence-corrected chi connectivity index (χ1v) is 8.06. The van der Waals surface area contributed by atoms with E-state index in [-0.39, 0.29) is 18.3 Å². The first-order valence-electron chi connectivity index (χ1n) is 5.59. The van der Waals surface area contributed by atoms with Crippen molar-refractivity contribution in [1.29, 1.82) is 0 Å². The highest BCUT2D eigenvalue weighted by Gasteiger charge is 2.21. The summed E-state index contributed by atoms with van der Waals surface area (Å²) in [5, 5.41) is 4.49. The van der Waals surface area contributed by atoms with Crippen LogP contribution in [0.3, 0.4) is 0 Å². The maximum atomic E-state index is 12.4. The number of rotatable bonds is 2. The van der Waals surface area contributed by atoms with Gasteiger partial charge >= 0.3 is 0 Å². The summed E-state index contributed by atoms with van der Waals surface area (Å²) < 4.78 is 6.85. The zero-order chi connectivity index (χ0) is 14.3. The zero-order valence-electron chi connectivity index (χ0n) is 9.91. The quantitative estimate of drug-likeness (QED) is 0.756. The molecule has 4 nitrogen and oxygen atoms in total. The third-order valence-electron chi connectivity index (χ3n) is 2.78. The van der Waals surface area contributed by atoms with Crippen LogP contribution in [0, 0.1) is 0 Å². The molecule has 102 valence electrons. The number of hydrogen-bond acceptors (Lipinski definition) is 4. The molecule has 0 atom stereocenters. The minimum Gasteiger partial charge on any atom is -0.482 e. The summed E-state index contributed by atoms with van der Waals surface area (Å²) in [7, 11) is 0. The number of benzene rings is 1. The molecule has 0 aliphatic carbocycles. The molecule has 0 saturated carbocycles. The van der Waals surface area contributed by atoms with E-state index in [1.165, 1.54) is 11.3 Å². The summed E-state index contributed by atoms with van der Waals surface area (Å²) in [6, 6.07) is 5.11. The molecule has 0 radical (unpaired) electrons. The van der Waals surface area contributed by atoms with E-state index in [1.807, 2.05) is 0 Å². The molecular weight excluding hydrogens is 410 g/mol. The van der Waals surface area contributed by atoms with E-state index in [0.29, 0.717) is 27.0 Å². The number of anilines is 1. The van der Waals surface area contributed by atoms with Gasteiger partial charge in [-0.3, -0.25) is 9.59 Å². The minimum absolute atomic E-state index is 0.0355. The van der Waals surface area contributed by atoms with E-state index in [1.54, 1.807) is 23.6 Å². The normalized spacial score (nSPS) is 13.4. The lowest BCUT2D eigenvalue weighted by Gasteiger charge is -2.19. The Balaban J connectivity index is 2.02. The Morgan fingerprint density at radius 2 is 2.10 bits per heavy atom. The summed E-state index contributed by atoms with van der Waals surface area (Å²) >= 11 is 8.16. The number of amides is 1. The number of nitrogens with one attached hydrogen (secondary N) is 1. The van der Waals surface area contributed by atoms with Gasteiger partial charge in [0.15, 0.2) is 12.4 Å². The SMILES string of the molecule is O=C1COc2cc(C(=O)c3csc(Br)c3)c(Br)cc2N1. The molecule has 0 saturated heterocycles. The van der Waals surface area contributed by atoms with Crippen molar-refractivity contribution in [2.24, 2.45) is 0 Å². The maximum absolute atomic E-state index is 12.4. The molecule has 1 aliphatic heterocycles. The third-order valence-corrected chi connectivity index (χ3v) is 4.94. The highest BCUT2D eigenvalue weighted by atomic mass is 79.9. The Morgan fingerprint density at radius 1 is 1.30 bits per heavy atom. The molecule has 1 amide bonds. The van der Waals surface area contributed by atoms with Crippen molar-refractivity contribution >= 4 is 60.6 Å². The van der Waals surface area contributed by atoms with Gasteiger partial charge in [0.25, 0.3) is 5.91 Å². The van der Waals surface area contributed by atoms with Crippen LogP contribution >= 0.6 is 43.2 Å². The van der Waals surface area contributed by atoms with E-state index in [2.05, 4.69) is 37.2 Å². The first-order chi connectivity index (χ1) is 9.54. The van der Waals surface area contributed by atoms with E-state index in [9.17, 15) is 9.59 Å². The number of carbonyl (C=O) groups is 2. The predicted molar refractivity (Wildman–Crippen MR) is 83.7 cm³/mol. The Morgan fingerprint density at radius 3 is 2.80 bits per heavy atom. The van der Waals surface area contributed by atoms with Gasteiger partial charge in [-0.25, -0.2) is 0 Å². The van der Waals surface area contributed by atoms with Gasteiger partial charge in [-0.1, -0.05) is 0 Å². The number of halogens is 2. The lowest BCUT2D eigenvalue weighted by Crippen LogP contribution is -2.25. The van der Waals surface area contributed by atoms with Gasteiger partial charge in [-0.15, -0.1) is 11.3 Å². The largest absolute Gasteiger partial charge is 0.482 e. The Bertz CT molecular complexity index is 726. The van der Waals surface area contributed by atoms with E-state index in [0.717, 1.165) is 3.79 Å². The van der Waals surface area contributed by atoms with Crippen LogP contribution in [0.4, 0.5) is 5.69 Å². The Hall–Kier alpha value is -1.18. The molecule has 3 rings (SSSR count). The van der Waals surface area contributed by atoms with Gasteiger partial charge in [0, 0.05) is 21.0 Å². The second-order valence-electron chi connectivity index (χ2n) is 4.13. The molecule has 0 spiro atoms. The molecule has 1 aromatic heterocycles. The van der Waals surface area contributed by atoms with Crippen molar-refractivity contribution in [2.75, 3.05) is 11.9 Å². The second kappa shape index (κ2) is 5.31. The van der Waals surface area contributed by atoms with Crippen LogP contribution in [0.15, 0.2) is 31.8 Å². The molecule has 1 aromatic carbocycles. The van der Waals surface area contributed by atoms with Crippen LogP contribution in [-0.4, -0.2) is 18.3 Å². The molecule has 7 heteroatoms. The fraction of sp³-hybridized carbons (Fsp3) is 0.0769. The standard InChI is InChI=1S/C13H7Br2NO3S/c14-8-3-9-10(19-4-12(17)16-9)2-7(8)13(18)6-1-11(15)20-5-6/h1-3,5H,4H2,(H,16,17). The van der Waals surface area contributed by atoms with Crippen LogP contribution in [0.1, 0.15) is 15.9 Å². The molecule has 1 N–H and O–H groups in total. The summed E-state index contributed by atoms with van der Waals surface area (Å²) in [6.07, 6.45) is 0. The maximum Gasteiger partial charge on any atom is 0.262 e. The summed E-state index contributed by atoms with van der Waals surface area (Å²) in [5.74, 6) is 0.206. The average Bonchev–Trinajstić information content (AvgIpc) is 2.84. The predicted octanol–water partition coefficient (Wildman–Crippen LogP) is 3.84. The molecular formula is C13H7Br2NO3S. The van der Waals surface area contributed by atoms with Crippen molar-refractivity contribution < 1.29 is 14.3 Å². The molecule has 1 aliphatic rings. The summed E-state index contributed by atoms with van der Waals surface area (Å²) in [6.45, 7) is -0.0355. The number of hydrogen-bond donors (Lipinski definition) is 1. The summed E-state index contributed by atoms with van der Waals surface area (Å²) in [5.41, 5.74) is 1.68. The van der Waals surface area contributed by atoms with Crippen LogP contribution in [0.5, 0.6) is 5.75 Å². The third kappa shape index (κ3) is 2.53. The average molecular weight is 417 g/mol. The highest BCUT2D eigenvalue weighted by Crippen LogP contribution is 2.35. The van der Waals surface area contributed by atoms with Gasteiger partial charge < -0.3 is 10.1 Å². The molecule has 20 heavy (non-hydrogen) atoms. The van der Waals surface area contributed by atoms with Crippen LogP contribution in [0.25, 0.3) is 0 Å². The monoisotopic (exact) mass is 415 g/mol. The lowest BCUT2D eigenvalue weighted by atomic mass is 10.0. The van der Waals surface area contributed by atoms with Crippen LogP contribution in [-0.2, 0) is 4.79 Å². The molecule has 0 bridgehead atoms. The number of thiophene rings is 1. The smallest absolute Gasteiger partial charge is 0.262 e. The first kappa shape index (κ1) is 13.8. The molecule has 0 unspecified atom stereocenters. The fourth-order valence-electron chi connectivity index (χ4n) is 1.86. The van der Waals surface area contributed by atoms with Crippen LogP contribution < -0.4 is 10.1 Å². The van der Waals surface area contributed by atoms with Gasteiger partial charge in [0.05, 0.1) is 9.47 Å². The molecule has 0 fully saturated rings. The van der Waals surface area contributed by atoms with Gasteiger partial charge in [-0.05, 0) is 50.1 Å². The Kier molecular flexibility index (Phi) is 3.66. The van der Waals surface area contributed by atoms with Gasteiger partial charge in [0.1, 0.15) is 5.75 Å². The fourth-order valence-corrected chi connectivity index (χ4v) is 3.52. The van der Waals surface area contributed by atoms with Crippen molar-refractivity contribution in [1.82, 2.24) is 0 Å². The second-order valence-corrected chi connectivity index (χ2v) is 7.28. The Labute approximate surface area is 135 Å².